The van der Waals surface area contributed by atoms with Crippen LogP contribution in [0.5, 0.6) is 11.5 Å². The maximum absolute atomic E-state index is 13.6. The van der Waals surface area contributed by atoms with Crippen molar-refractivity contribution in [3.8, 4) is 11.5 Å². The van der Waals surface area contributed by atoms with Crippen LogP contribution in [0.4, 0.5) is 5.69 Å². The van der Waals surface area contributed by atoms with Crippen LogP contribution < -0.4 is 19.7 Å². The molecule has 1 N–H and O–H groups in total. The number of hydrogen-bond donors (Lipinski definition) is 1. The van der Waals surface area contributed by atoms with E-state index in [1.165, 1.54) is 17.3 Å². The molecule has 2 amide bonds. The highest BCUT2D eigenvalue weighted by atomic mass is 32.2. The van der Waals surface area contributed by atoms with Gasteiger partial charge in [0.15, 0.2) is 11.5 Å². The van der Waals surface area contributed by atoms with Gasteiger partial charge in [0.1, 0.15) is 12.7 Å². The van der Waals surface area contributed by atoms with Crippen LogP contribution in [-0.4, -0.2) is 31.1 Å². The van der Waals surface area contributed by atoms with Gasteiger partial charge in [0.25, 0.3) is 11.8 Å². The smallest absolute Gasteiger partial charge is 0.265 e. The number of thioether (sulfide) groups is 1. The SMILES string of the molecule is Cc1ccc(CN2C(=O)/C(=C\c3ccc(C(=O)NC[C@@H]4COc5ccccc5O4)cc3)Sc3ccccc32)cc1. The third-order valence-corrected chi connectivity index (χ3v) is 7.90. The summed E-state index contributed by atoms with van der Waals surface area (Å²) in [5.41, 5.74) is 4.56. The Morgan fingerprint density at radius 2 is 1.68 bits per heavy atom. The first kappa shape index (κ1) is 25.8. The Kier molecular flexibility index (Phi) is 7.29. The summed E-state index contributed by atoms with van der Waals surface area (Å²) in [4.78, 5) is 29.9. The third kappa shape index (κ3) is 5.60. The van der Waals surface area contributed by atoms with Gasteiger partial charge in [-0.3, -0.25) is 9.59 Å². The fourth-order valence-corrected chi connectivity index (χ4v) is 5.71. The van der Waals surface area contributed by atoms with Crippen molar-refractivity contribution in [3.63, 3.8) is 0 Å². The lowest BCUT2D eigenvalue weighted by molar-refractivity contribution is -0.114. The molecule has 0 radical (unpaired) electrons. The standard InChI is InChI=1S/C33H28N2O4S/c1-22-10-12-24(13-11-22)20-35-27-6-2-5-9-30(27)40-31(33(35)37)18-23-14-16-25(17-15-23)32(36)34-19-26-21-38-28-7-3-4-8-29(28)39-26/h2-18,26H,19-21H2,1H3,(H,34,36)/b31-18+/t26-/m1/s1. The van der Waals surface area contributed by atoms with Gasteiger partial charge in [0.2, 0.25) is 0 Å². The number of nitrogens with zero attached hydrogens (tertiary/aromatic N) is 1. The highest BCUT2D eigenvalue weighted by Gasteiger charge is 2.29. The zero-order valence-electron chi connectivity index (χ0n) is 22.0. The van der Waals surface area contributed by atoms with E-state index in [1.807, 2.05) is 71.6 Å². The van der Waals surface area contributed by atoms with Crippen molar-refractivity contribution in [2.45, 2.75) is 24.5 Å². The average molecular weight is 549 g/mol. The monoisotopic (exact) mass is 548 g/mol. The molecule has 7 heteroatoms. The van der Waals surface area contributed by atoms with Crippen molar-refractivity contribution in [1.82, 2.24) is 5.32 Å². The van der Waals surface area contributed by atoms with E-state index in [2.05, 4.69) is 36.5 Å². The summed E-state index contributed by atoms with van der Waals surface area (Å²) in [6.45, 7) is 3.26. The molecule has 200 valence electrons. The normalized spacial score (nSPS) is 16.9. The molecule has 2 heterocycles. The summed E-state index contributed by atoms with van der Waals surface area (Å²) < 4.78 is 11.6. The number of amides is 2. The summed E-state index contributed by atoms with van der Waals surface area (Å²) >= 11 is 1.47. The number of nitrogens with one attached hydrogen (secondary N) is 1. The number of benzene rings is 4. The van der Waals surface area contributed by atoms with Gasteiger partial charge in [-0.25, -0.2) is 0 Å². The molecule has 2 aliphatic rings. The van der Waals surface area contributed by atoms with Crippen molar-refractivity contribution in [3.05, 3.63) is 124 Å². The van der Waals surface area contributed by atoms with Crippen molar-refractivity contribution in [2.24, 2.45) is 0 Å². The second-order valence-corrected chi connectivity index (χ2v) is 10.9. The predicted molar refractivity (Wildman–Crippen MR) is 158 cm³/mol. The van der Waals surface area contributed by atoms with Gasteiger partial charge in [0, 0.05) is 10.5 Å². The zero-order valence-corrected chi connectivity index (χ0v) is 22.8. The number of carbonyl (C=O) groups is 2. The molecule has 1 atom stereocenters. The van der Waals surface area contributed by atoms with E-state index in [9.17, 15) is 9.59 Å². The quantitative estimate of drug-likeness (QED) is 0.289. The van der Waals surface area contributed by atoms with Gasteiger partial charge in [-0.1, -0.05) is 78.0 Å². The number of aryl methyl sites for hydroxylation is 1. The Morgan fingerprint density at radius 1 is 0.950 bits per heavy atom. The lowest BCUT2D eigenvalue weighted by Gasteiger charge is -2.30. The summed E-state index contributed by atoms with van der Waals surface area (Å²) in [6, 6.07) is 31.0. The second kappa shape index (κ2) is 11.3. The van der Waals surface area contributed by atoms with E-state index in [-0.39, 0.29) is 17.9 Å². The van der Waals surface area contributed by atoms with Gasteiger partial charge < -0.3 is 19.7 Å². The maximum atomic E-state index is 13.6. The predicted octanol–water partition coefficient (Wildman–Crippen LogP) is 6.24. The number of rotatable bonds is 6. The molecule has 0 bridgehead atoms. The fourth-order valence-electron chi connectivity index (χ4n) is 4.65. The number of fused-ring (bicyclic) bond motifs is 2. The number of ether oxygens (including phenoxy) is 2. The Hall–Kier alpha value is -4.49. The van der Waals surface area contributed by atoms with Crippen molar-refractivity contribution < 1.29 is 19.1 Å². The van der Waals surface area contributed by atoms with Crippen molar-refractivity contribution in [1.29, 1.82) is 0 Å². The number of hydrogen-bond acceptors (Lipinski definition) is 5. The largest absolute Gasteiger partial charge is 0.486 e. The number of anilines is 1. The summed E-state index contributed by atoms with van der Waals surface area (Å²) in [7, 11) is 0. The topological polar surface area (TPSA) is 67.9 Å². The first-order valence-corrected chi connectivity index (χ1v) is 14.0. The Bertz CT molecular complexity index is 1580. The summed E-state index contributed by atoms with van der Waals surface area (Å²) in [5.74, 6) is 1.16. The average Bonchev–Trinajstić information content (AvgIpc) is 2.99. The molecule has 2 aliphatic heterocycles. The second-order valence-electron chi connectivity index (χ2n) is 9.78. The van der Waals surface area contributed by atoms with Crippen LogP contribution in [0.3, 0.4) is 0 Å². The Balaban J connectivity index is 1.13. The number of para-hydroxylation sites is 3. The molecule has 6 rings (SSSR count). The maximum Gasteiger partial charge on any atom is 0.265 e. The van der Waals surface area contributed by atoms with Crippen LogP contribution in [0.2, 0.25) is 0 Å². The van der Waals surface area contributed by atoms with Gasteiger partial charge in [-0.15, -0.1) is 0 Å². The molecule has 0 saturated carbocycles. The van der Waals surface area contributed by atoms with Crippen molar-refractivity contribution >= 4 is 35.3 Å². The molecular formula is C33H28N2O4S. The molecule has 40 heavy (non-hydrogen) atoms. The van der Waals surface area contributed by atoms with E-state index in [0.717, 1.165) is 21.7 Å². The molecule has 0 aliphatic carbocycles. The third-order valence-electron chi connectivity index (χ3n) is 6.82. The first-order chi connectivity index (χ1) is 19.5. The highest BCUT2D eigenvalue weighted by Crippen LogP contribution is 2.42. The summed E-state index contributed by atoms with van der Waals surface area (Å²) in [5, 5.41) is 2.93. The Morgan fingerprint density at radius 3 is 2.48 bits per heavy atom. The molecule has 4 aromatic carbocycles. The zero-order chi connectivity index (χ0) is 27.5. The van der Waals surface area contributed by atoms with E-state index in [4.69, 9.17) is 9.47 Å². The lowest BCUT2D eigenvalue weighted by Crippen LogP contribution is -2.40. The van der Waals surface area contributed by atoms with Crippen LogP contribution in [0.1, 0.15) is 27.0 Å². The van der Waals surface area contributed by atoms with Crippen LogP contribution >= 0.6 is 11.8 Å². The van der Waals surface area contributed by atoms with Crippen LogP contribution in [0.15, 0.2) is 107 Å². The van der Waals surface area contributed by atoms with Gasteiger partial charge in [-0.2, -0.15) is 0 Å². The summed E-state index contributed by atoms with van der Waals surface area (Å²) in [6.07, 6.45) is 1.63. The van der Waals surface area contributed by atoms with Crippen LogP contribution in [0, 0.1) is 6.92 Å². The molecule has 0 unspecified atom stereocenters. The molecule has 0 aromatic heterocycles. The minimum absolute atomic E-state index is 0.0395. The van der Waals surface area contributed by atoms with E-state index in [1.54, 1.807) is 12.1 Å². The molecule has 4 aromatic rings. The molecule has 0 spiro atoms. The van der Waals surface area contributed by atoms with Crippen LogP contribution in [-0.2, 0) is 11.3 Å². The first-order valence-electron chi connectivity index (χ1n) is 13.2. The molecule has 0 fully saturated rings. The molecule has 0 saturated heterocycles. The van der Waals surface area contributed by atoms with Gasteiger partial charge in [0.05, 0.1) is 23.7 Å². The van der Waals surface area contributed by atoms with Gasteiger partial charge in [-0.05, 0) is 60.5 Å². The van der Waals surface area contributed by atoms with E-state index >= 15 is 0 Å². The lowest BCUT2D eigenvalue weighted by atomic mass is 10.1. The minimum atomic E-state index is -0.261. The van der Waals surface area contributed by atoms with E-state index in [0.29, 0.717) is 41.7 Å². The molecular weight excluding hydrogens is 520 g/mol. The number of carbonyl (C=O) groups excluding carboxylic acids is 2. The fraction of sp³-hybridized carbons (Fsp3) is 0.152. The highest BCUT2D eigenvalue weighted by molar-refractivity contribution is 8.04. The minimum Gasteiger partial charge on any atom is -0.486 e. The van der Waals surface area contributed by atoms with Crippen molar-refractivity contribution in [2.75, 3.05) is 18.1 Å². The van der Waals surface area contributed by atoms with E-state index < -0.39 is 0 Å². The molecule has 6 nitrogen and oxygen atoms in total. The van der Waals surface area contributed by atoms with Crippen LogP contribution in [0.25, 0.3) is 6.08 Å². The van der Waals surface area contributed by atoms with Gasteiger partial charge >= 0.3 is 0 Å². The Labute approximate surface area is 237 Å².